The molecule has 3 N–H and O–H groups in total. The van der Waals surface area contributed by atoms with Gasteiger partial charge >= 0.3 is 21.5 Å². The fourth-order valence-electron chi connectivity index (χ4n) is 1.45. The molecule has 0 atom stereocenters. The van der Waals surface area contributed by atoms with Gasteiger partial charge < -0.3 is 15.2 Å². The van der Waals surface area contributed by atoms with Crippen molar-refractivity contribution in [2.24, 2.45) is 0 Å². The number of ether oxygens (including phenoxy) is 1. The third-order valence-electron chi connectivity index (χ3n) is 2.27. The molecule has 0 fully saturated rings. The Morgan fingerprint density at radius 3 is 1.91 bits per heavy atom. The fraction of sp³-hybridized carbons (Fsp3) is 0.333. The van der Waals surface area contributed by atoms with Crippen molar-refractivity contribution in [3.8, 4) is 5.75 Å². The number of amides is 1. The maximum Gasteiger partial charge on any atom is 0.449 e. The zero-order valence-electron chi connectivity index (χ0n) is 12.4. The maximum atomic E-state index is 11.0. The summed E-state index contributed by atoms with van der Waals surface area (Å²) in [4.78, 5) is 21.4. The van der Waals surface area contributed by atoms with Gasteiger partial charge in [0.05, 0.1) is 0 Å². The lowest BCUT2D eigenvalue weighted by Crippen LogP contribution is -2.22. The maximum absolute atomic E-state index is 11.0. The molecule has 0 aromatic heterocycles. The Kier molecular flexibility index (Phi) is 7.91. The number of aryl methyl sites for hydroxylation is 2. The molecule has 10 heteroatoms. The fourth-order valence-corrected chi connectivity index (χ4v) is 2.21. The van der Waals surface area contributed by atoms with Crippen molar-refractivity contribution in [3.63, 3.8) is 0 Å². The van der Waals surface area contributed by atoms with E-state index in [-0.39, 0.29) is 0 Å². The van der Waals surface area contributed by atoms with Gasteiger partial charge in [-0.2, -0.15) is 8.42 Å². The minimum Gasteiger partial charge on any atom is -0.468 e. The minimum absolute atomic E-state index is 0.439. The normalized spacial score (nSPS) is 10.2. The third-order valence-corrected chi connectivity index (χ3v) is 3.77. The van der Waals surface area contributed by atoms with E-state index in [4.69, 9.17) is 14.4 Å². The summed E-state index contributed by atoms with van der Waals surface area (Å²) in [6, 6.07) is 3.74. The van der Waals surface area contributed by atoms with E-state index in [1.165, 1.54) is 11.9 Å². The van der Waals surface area contributed by atoms with Crippen molar-refractivity contribution < 1.29 is 32.4 Å². The molecule has 1 aromatic carbocycles. The monoisotopic (exact) mass is 351 g/mol. The first-order chi connectivity index (χ1) is 10.0. The SMILES string of the molecule is CNC(=O)Oc1cc(C)c(SC)c(C)c1.O=C(O)S(=O)(=O)O. The van der Waals surface area contributed by atoms with Crippen LogP contribution in [0.15, 0.2) is 17.0 Å². The summed E-state index contributed by atoms with van der Waals surface area (Å²) in [7, 11) is -3.28. The summed E-state index contributed by atoms with van der Waals surface area (Å²) >= 11 is 1.70. The van der Waals surface area contributed by atoms with Crippen LogP contribution in [0.2, 0.25) is 0 Å². The molecule has 0 aliphatic heterocycles. The first kappa shape index (κ1) is 20.2. The molecule has 0 heterocycles. The van der Waals surface area contributed by atoms with E-state index in [1.54, 1.807) is 11.8 Å². The van der Waals surface area contributed by atoms with Crippen molar-refractivity contribution in [3.05, 3.63) is 23.3 Å². The highest BCUT2D eigenvalue weighted by molar-refractivity contribution is 8.00. The summed E-state index contributed by atoms with van der Waals surface area (Å²) in [5.41, 5.74) is 2.25. The molecule has 0 aliphatic rings. The summed E-state index contributed by atoms with van der Waals surface area (Å²) < 4.78 is 31.1. The van der Waals surface area contributed by atoms with E-state index in [9.17, 15) is 18.0 Å². The second-order valence-electron chi connectivity index (χ2n) is 3.97. The van der Waals surface area contributed by atoms with Gasteiger partial charge in [-0.05, 0) is 43.4 Å². The van der Waals surface area contributed by atoms with Crippen molar-refractivity contribution in [1.29, 1.82) is 0 Å². The lowest BCUT2D eigenvalue weighted by atomic mass is 10.1. The van der Waals surface area contributed by atoms with Crippen LogP contribution in [0.3, 0.4) is 0 Å². The Bertz CT molecular complexity index is 632. The average molecular weight is 351 g/mol. The van der Waals surface area contributed by atoms with Crippen molar-refractivity contribution >= 4 is 33.3 Å². The quantitative estimate of drug-likeness (QED) is 0.546. The Morgan fingerprint density at radius 2 is 1.64 bits per heavy atom. The molecule has 124 valence electrons. The molecule has 0 spiro atoms. The van der Waals surface area contributed by atoms with Gasteiger partial charge in [0.2, 0.25) is 0 Å². The molecule has 0 bridgehead atoms. The van der Waals surface area contributed by atoms with Crippen LogP contribution in [0.5, 0.6) is 5.75 Å². The lowest BCUT2D eigenvalue weighted by Gasteiger charge is -2.10. The molecule has 0 saturated heterocycles. The Hall–Kier alpha value is -1.78. The molecule has 0 unspecified atom stereocenters. The van der Waals surface area contributed by atoms with Crippen LogP contribution < -0.4 is 10.1 Å². The number of nitrogens with one attached hydrogen (secondary N) is 1. The predicted octanol–water partition coefficient (Wildman–Crippen LogP) is 2.30. The van der Waals surface area contributed by atoms with Crippen molar-refractivity contribution in [1.82, 2.24) is 5.32 Å². The summed E-state index contributed by atoms with van der Waals surface area (Å²) in [6.45, 7) is 4.02. The first-order valence-corrected chi connectivity index (χ1v) is 8.44. The number of carboxylic acid groups (broad SMARTS) is 1. The highest BCUT2D eigenvalue weighted by Gasteiger charge is 2.14. The molecule has 8 nitrogen and oxygen atoms in total. The van der Waals surface area contributed by atoms with Crippen LogP contribution in [0.25, 0.3) is 0 Å². The van der Waals surface area contributed by atoms with Gasteiger partial charge in [0.15, 0.2) is 0 Å². The van der Waals surface area contributed by atoms with Gasteiger partial charge in [-0.3, -0.25) is 4.55 Å². The number of hydrogen-bond acceptors (Lipinski definition) is 6. The van der Waals surface area contributed by atoms with Crippen molar-refractivity contribution in [2.45, 2.75) is 18.7 Å². The molecule has 0 saturated carbocycles. The minimum atomic E-state index is -4.82. The smallest absolute Gasteiger partial charge is 0.449 e. The number of carbonyl (C=O) groups excluding carboxylic acids is 1. The van der Waals surface area contributed by atoms with E-state index >= 15 is 0 Å². The van der Waals surface area contributed by atoms with Crippen LogP contribution in [-0.2, 0) is 10.1 Å². The molecule has 22 heavy (non-hydrogen) atoms. The molecule has 1 amide bonds. The average Bonchev–Trinajstić information content (AvgIpc) is 2.37. The number of hydrogen-bond donors (Lipinski definition) is 3. The van der Waals surface area contributed by atoms with Crippen LogP contribution in [0.1, 0.15) is 11.1 Å². The van der Waals surface area contributed by atoms with Gasteiger partial charge in [0, 0.05) is 11.9 Å². The largest absolute Gasteiger partial charge is 0.468 e. The van der Waals surface area contributed by atoms with E-state index in [2.05, 4.69) is 5.32 Å². The second kappa shape index (κ2) is 8.61. The number of thioether (sulfide) groups is 1. The Morgan fingerprint density at radius 1 is 1.23 bits per heavy atom. The predicted molar refractivity (Wildman–Crippen MR) is 82.4 cm³/mol. The molecular formula is C12H17NO7S2. The number of rotatable bonds is 2. The van der Waals surface area contributed by atoms with E-state index in [0.29, 0.717) is 5.75 Å². The van der Waals surface area contributed by atoms with Crippen LogP contribution in [0.4, 0.5) is 9.59 Å². The number of benzene rings is 1. The number of carbonyl (C=O) groups is 2. The highest BCUT2D eigenvalue weighted by atomic mass is 32.2. The zero-order valence-corrected chi connectivity index (χ0v) is 14.0. The third kappa shape index (κ3) is 6.78. The van der Waals surface area contributed by atoms with Crippen molar-refractivity contribution in [2.75, 3.05) is 13.3 Å². The Balaban J connectivity index is 0.000000534. The van der Waals surface area contributed by atoms with E-state index in [1.807, 2.05) is 32.2 Å². The topological polar surface area (TPSA) is 130 Å². The van der Waals surface area contributed by atoms with Gasteiger partial charge in [-0.15, -0.1) is 11.8 Å². The van der Waals surface area contributed by atoms with Gasteiger partial charge in [0.1, 0.15) is 5.75 Å². The highest BCUT2D eigenvalue weighted by Crippen LogP contribution is 2.28. The lowest BCUT2D eigenvalue weighted by molar-refractivity contribution is 0.203. The summed E-state index contributed by atoms with van der Waals surface area (Å²) in [6.07, 6.45) is 1.60. The van der Waals surface area contributed by atoms with Gasteiger partial charge in [0.25, 0.3) is 0 Å². The van der Waals surface area contributed by atoms with E-state index in [0.717, 1.165) is 11.1 Å². The summed E-state index contributed by atoms with van der Waals surface area (Å²) in [5, 5.41) is 7.60. The van der Waals surface area contributed by atoms with Crippen LogP contribution in [0, 0.1) is 13.8 Å². The van der Waals surface area contributed by atoms with E-state index < -0.39 is 21.5 Å². The van der Waals surface area contributed by atoms with Crippen LogP contribution >= 0.6 is 11.8 Å². The Labute approximate surface area is 132 Å². The summed E-state index contributed by atoms with van der Waals surface area (Å²) in [5.74, 6) is 0.585. The molecule has 1 aromatic rings. The molecular weight excluding hydrogens is 334 g/mol. The first-order valence-electron chi connectivity index (χ1n) is 5.78. The standard InChI is InChI=1S/C11H15NO2S.CH2O5S/c1-7-5-9(14-11(13)12-3)6-8(2)10(7)15-4;2-1(3)7(4,5)6/h5-6H,1-4H3,(H,12,13);(H,2,3)(H,4,5,6). The van der Waals surface area contributed by atoms with Gasteiger partial charge in [-0.1, -0.05) is 0 Å². The van der Waals surface area contributed by atoms with Crippen LogP contribution in [-0.4, -0.2) is 42.8 Å². The van der Waals surface area contributed by atoms with Gasteiger partial charge in [-0.25, -0.2) is 9.59 Å². The second-order valence-corrected chi connectivity index (χ2v) is 6.09. The molecule has 0 aliphatic carbocycles. The molecule has 1 rings (SSSR count). The molecule has 0 radical (unpaired) electrons. The zero-order chi connectivity index (χ0) is 17.5.